The third kappa shape index (κ3) is 3.17. The Hall–Kier alpha value is -1.68. The van der Waals surface area contributed by atoms with Crippen LogP contribution in [-0.4, -0.2) is 11.5 Å². The summed E-state index contributed by atoms with van der Waals surface area (Å²) in [4.78, 5) is 3.42. The first-order chi connectivity index (χ1) is 8.66. The van der Waals surface area contributed by atoms with Crippen LogP contribution in [-0.2, 0) is 6.42 Å². The second-order valence-electron chi connectivity index (χ2n) is 3.78. The summed E-state index contributed by atoms with van der Waals surface area (Å²) in [5.41, 5.74) is 0.903. The lowest BCUT2D eigenvalue weighted by Crippen LogP contribution is -2.08. The number of halogens is 3. The van der Waals surface area contributed by atoms with Crippen molar-refractivity contribution >= 4 is 17.3 Å². The SMILES string of the molecule is Fc1cncc(F)c1NCCc1ccc(Cl)cc1. The molecule has 1 heterocycles. The third-order valence-corrected chi connectivity index (χ3v) is 2.73. The van der Waals surface area contributed by atoms with Crippen molar-refractivity contribution in [3.63, 3.8) is 0 Å². The molecule has 1 aromatic heterocycles. The van der Waals surface area contributed by atoms with E-state index in [0.29, 0.717) is 18.0 Å². The zero-order chi connectivity index (χ0) is 13.0. The minimum atomic E-state index is -0.689. The highest BCUT2D eigenvalue weighted by atomic mass is 35.5. The van der Waals surface area contributed by atoms with Crippen LogP contribution in [0.5, 0.6) is 0 Å². The fourth-order valence-corrected chi connectivity index (χ4v) is 1.69. The topological polar surface area (TPSA) is 24.9 Å². The molecule has 2 nitrogen and oxygen atoms in total. The van der Waals surface area contributed by atoms with E-state index in [0.717, 1.165) is 18.0 Å². The number of pyridine rings is 1. The molecule has 0 saturated heterocycles. The van der Waals surface area contributed by atoms with E-state index >= 15 is 0 Å². The van der Waals surface area contributed by atoms with E-state index in [2.05, 4.69) is 10.3 Å². The maximum absolute atomic E-state index is 13.2. The second-order valence-corrected chi connectivity index (χ2v) is 4.22. The molecule has 0 fully saturated rings. The first-order valence-corrected chi connectivity index (χ1v) is 5.82. The molecule has 0 unspecified atom stereocenters. The maximum atomic E-state index is 13.2. The van der Waals surface area contributed by atoms with Gasteiger partial charge in [0, 0.05) is 11.6 Å². The van der Waals surface area contributed by atoms with Gasteiger partial charge in [0.2, 0.25) is 0 Å². The number of hydrogen-bond acceptors (Lipinski definition) is 2. The normalized spacial score (nSPS) is 10.4. The summed E-state index contributed by atoms with van der Waals surface area (Å²) in [6.07, 6.45) is 2.61. The largest absolute Gasteiger partial charge is 0.380 e. The van der Waals surface area contributed by atoms with E-state index in [1.165, 1.54) is 0 Å². The number of nitrogens with zero attached hydrogens (tertiary/aromatic N) is 1. The molecule has 0 bridgehead atoms. The van der Waals surface area contributed by atoms with Crippen LogP contribution in [0.4, 0.5) is 14.5 Å². The van der Waals surface area contributed by atoms with Gasteiger partial charge in [0.25, 0.3) is 0 Å². The summed E-state index contributed by atoms with van der Waals surface area (Å²) in [5.74, 6) is -1.38. The van der Waals surface area contributed by atoms with Gasteiger partial charge in [-0.05, 0) is 24.1 Å². The van der Waals surface area contributed by atoms with Crippen molar-refractivity contribution < 1.29 is 8.78 Å². The summed E-state index contributed by atoms with van der Waals surface area (Å²) in [5, 5.41) is 3.39. The lowest BCUT2D eigenvalue weighted by atomic mass is 10.1. The zero-order valence-electron chi connectivity index (χ0n) is 9.46. The van der Waals surface area contributed by atoms with Gasteiger partial charge in [-0.1, -0.05) is 23.7 Å². The van der Waals surface area contributed by atoms with E-state index in [1.807, 2.05) is 12.1 Å². The predicted octanol–water partition coefficient (Wildman–Crippen LogP) is 3.67. The highest BCUT2D eigenvalue weighted by Gasteiger charge is 2.07. The number of nitrogens with one attached hydrogen (secondary N) is 1. The molecular formula is C13H11ClF2N2. The first kappa shape index (κ1) is 12.8. The van der Waals surface area contributed by atoms with Crippen LogP contribution in [0, 0.1) is 11.6 Å². The summed E-state index contributed by atoms with van der Waals surface area (Å²) < 4.78 is 26.5. The maximum Gasteiger partial charge on any atom is 0.167 e. The van der Waals surface area contributed by atoms with Crippen molar-refractivity contribution in [2.45, 2.75) is 6.42 Å². The number of rotatable bonds is 4. The molecule has 5 heteroatoms. The molecular weight excluding hydrogens is 258 g/mol. The second kappa shape index (κ2) is 5.78. The molecule has 18 heavy (non-hydrogen) atoms. The van der Waals surface area contributed by atoms with E-state index in [1.54, 1.807) is 12.1 Å². The summed E-state index contributed by atoms with van der Waals surface area (Å²) in [6, 6.07) is 7.32. The van der Waals surface area contributed by atoms with Gasteiger partial charge >= 0.3 is 0 Å². The molecule has 1 N–H and O–H groups in total. The molecule has 0 aliphatic heterocycles. The van der Waals surface area contributed by atoms with Crippen molar-refractivity contribution in [1.29, 1.82) is 0 Å². The minimum absolute atomic E-state index is 0.140. The number of anilines is 1. The number of benzene rings is 1. The average molecular weight is 269 g/mol. The van der Waals surface area contributed by atoms with Gasteiger partial charge in [-0.2, -0.15) is 0 Å². The van der Waals surface area contributed by atoms with Crippen LogP contribution in [0.25, 0.3) is 0 Å². The van der Waals surface area contributed by atoms with Crippen molar-refractivity contribution in [2.24, 2.45) is 0 Å². The van der Waals surface area contributed by atoms with Crippen LogP contribution in [0.3, 0.4) is 0 Å². The molecule has 0 spiro atoms. The Labute approximate surface area is 109 Å². The average Bonchev–Trinajstić information content (AvgIpc) is 2.35. The third-order valence-electron chi connectivity index (χ3n) is 2.48. The molecule has 0 amide bonds. The van der Waals surface area contributed by atoms with Crippen LogP contribution in [0.1, 0.15) is 5.56 Å². The Morgan fingerprint density at radius 1 is 1.06 bits per heavy atom. The molecule has 0 radical (unpaired) electrons. The zero-order valence-corrected chi connectivity index (χ0v) is 10.2. The van der Waals surface area contributed by atoms with Gasteiger partial charge in [-0.15, -0.1) is 0 Å². The van der Waals surface area contributed by atoms with E-state index < -0.39 is 11.6 Å². The van der Waals surface area contributed by atoms with E-state index in [-0.39, 0.29) is 5.69 Å². The monoisotopic (exact) mass is 268 g/mol. The molecule has 0 aliphatic carbocycles. The van der Waals surface area contributed by atoms with Crippen LogP contribution >= 0.6 is 11.6 Å². The van der Waals surface area contributed by atoms with Gasteiger partial charge in [0.15, 0.2) is 11.6 Å². The highest BCUT2D eigenvalue weighted by molar-refractivity contribution is 6.30. The Kier molecular flexibility index (Phi) is 4.10. The molecule has 0 atom stereocenters. The minimum Gasteiger partial charge on any atom is -0.380 e. The van der Waals surface area contributed by atoms with Gasteiger partial charge in [-0.3, -0.25) is 4.98 Å². The fraction of sp³-hybridized carbons (Fsp3) is 0.154. The molecule has 1 aromatic carbocycles. The smallest absolute Gasteiger partial charge is 0.167 e. The summed E-state index contributed by atoms with van der Waals surface area (Å²) >= 11 is 5.76. The van der Waals surface area contributed by atoms with Crippen molar-refractivity contribution in [3.05, 3.63) is 58.9 Å². The standard InChI is InChI=1S/C13H11ClF2N2/c14-10-3-1-9(2-4-10)5-6-18-13-11(15)7-17-8-12(13)16/h1-4,7-8H,5-6H2,(H,17,18). The van der Waals surface area contributed by atoms with Crippen LogP contribution < -0.4 is 5.32 Å². The number of aromatic nitrogens is 1. The Morgan fingerprint density at radius 2 is 1.67 bits per heavy atom. The van der Waals surface area contributed by atoms with E-state index in [9.17, 15) is 8.78 Å². The molecule has 0 saturated carbocycles. The lowest BCUT2D eigenvalue weighted by molar-refractivity contribution is 0.578. The quantitative estimate of drug-likeness (QED) is 0.915. The lowest BCUT2D eigenvalue weighted by Gasteiger charge is -2.08. The highest BCUT2D eigenvalue weighted by Crippen LogP contribution is 2.16. The summed E-state index contributed by atoms with van der Waals surface area (Å²) in [7, 11) is 0. The summed E-state index contributed by atoms with van der Waals surface area (Å²) in [6.45, 7) is 0.430. The van der Waals surface area contributed by atoms with Gasteiger partial charge in [0.05, 0.1) is 12.4 Å². The van der Waals surface area contributed by atoms with Crippen LogP contribution in [0.2, 0.25) is 5.02 Å². The Morgan fingerprint density at radius 3 is 2.28 bits per heavy atom. The van der Waals surface area contributed by atoms with Gasteiger partial charge in [-0.25, -0.2) is 8.78 Å². The Bertz CT molecular complexity index is 509. The van der Waals surface area contributed by atoms with E-state index in [4.69, 9.17) is 11.6 Å². The molecule has 94 valence electrons. The van der Waals surface area contributed by atoms with Crippen molar-refractivity contribution in [2.75, 3.05) is 11.9 Å². The first-order valence-electron chi connectivity index (χ1n) is 5.44. The van der Waals surface area contributed by atoms with Crippen molar-refractivity contribution in [1.82, 2.24) is 4.98 Å². The van der Waals surface area contributed by atoms with Gasteiger partial charge < -0.3 is 5.32 Å². The fourth-order valence-electron chi connectivity index (χ4n) is 1.56. The van der Waals surface area contributed by atoms with Crippen molar-refractivity contribution in [3.8, 4) is 0 Å². The number of hydrogen-bond donors (Lipinski definition) is 1. The van der Waals surface area contributed by atoms with Crippen LogP contribution in [0.15, 0.2) is 36.7 Å². The Balaban J connectivity index is 1.94. The molecule has 2 aromatic rings. The molecule has 2 rings (SSSR count). The predicted molar refractivity (Wildman–Crippen MR) is 67.8 cm³/mol. The van der Waals surface area contributed by atoms with Gasteiger partial charge in [0.1, 0.15) is 5.69 Å². The molecule has 0 aliphatic rings.